The molecule has 6 heteroatoms. The standard InChI is InChI=1S/C20H20F2N2O2/c1-26-18-10-5-13(12-16(18)22)19(17-4-2-3-11-23-17)20(25)24-15-8-6-14(21)7-9-15/h5-10,12,23H,2-4,11H2,1H3,(H,24,25)/b19-17-. The first kappa shape index (κ1) is 17.9. The van der Waals surface area contributed by atoms with Crippen LogP contribution < -0.4 is 15.4 Å². The topological polar surface area (TPSA) is 50.4 Å². The molecule has 3 rings (SSSR count). The van der Waals surface area contributed by atoms with E-state index in [4.69, 9.17) is 4.74 Å². The zero-order chi connectivity index (χ0) is 18.5. The smallest absolute Gasteiger partial charge is 0.258 e. The van der Waals surface area contributed by atoms with Crippen molar-refractivity contribution >= 4 is 17.2 Å². The highest BCUT2D eigenvalue weighted by Crippen LogP contribution is 2.28. The third-order valence-corrected chi connectivity index (χ3v) is 4.26. The first-order chi connectivity index (χ1) is 12.6. The number of amides is 1. The predicted octanol–water partition coefficient (Wildman–Crippen LogP) is 4.10. The number of benzene rings is 2. The third kappa shape index (κ3) is 4.02. The number of ether oxygens (including phenoxy) is 1. The summed E-state index contributed by atoms with van der Waals surface area (Å²) in [6, 6.07) is 9.96. The number of rotatable bonds is 4. The van der Waals surface area contributed by atoms with Crippen molar-refractivity contribution in [3.05, 3.63) is 65.4 Å². The minimum Gasteiger partial charge on any atom is -0.494 e. The van der Waals surface area contributed by atoms with E-state index in [2.05, 4.69) is 10.6 Å². The van der Waals surface area contributed by atoms with Crippen LogP contribution in [0.2, 0.25) is 0 Å². The molecule has 1 aliphatic heterocycles. The number of piperidine rings is 1. The second-order valence-electron chi connectivity index (χ2n) is 6.05. The van der Waals surface area contributed by atoms with Crippen molar-refractivity contribution in [1.29, 1.82) is 0 Å². The molecular weight excluding hydrogens is 338 g/mol. The minimum absolute atomic E-state index is 0.119. The van der Waals surface area contributed by atoms with Crippen molar-refractivity contribution in [1.82, 2.24) is 5.32 Å². The van der Waals surface area contributed by atoms with E-state index in [0.717, 1.165) is 25.1 Å². The maximum atomic E-state index is 14.2. The molecule has 1 aliphatic rings. The first-order valence-electron chi connectivity index (χ1n) is 8.46. The van der Waals surface area contributed by atoms with E-state index in [-0.39, 0.29) is 17.5 Å². The van der Waals surface area contributed by atoms with Gasteiger partial charge in [0, 0.05) is 17.9 Å². The molecule has 26 heavy (non-hydrogen) atoms. The molecule has 0 bridgehead atoms. The van der Waals surface area contributed by atoms with Crippen LogP contribution >= 0.6 is 0 Å². The van der Waals surface area contributed by atoms with E-state index in [9.17, 15) is 13.6 Å². The van der Waals surface area contributed by atoms with Gasteiger partial charge in [-0.3, -0.25) is 4.79 Å². The van der Waals surface area contributed by atoms with Crippen LogP contribution in [0.5, 0.6) is 5.75 Å². The van der Waals surface area contributed by atoms with Gasteiger partial charge in [-0.05, 0) is 61.2 Å². The number of anilines is 1. The van der Waals surface area contributed by atoms with Crippen LogP contribution in [0.3, 0.4) is 0 Å². The lowest BCUT2D eigenvalue weighted by Gasteiger charge is -2.21. The maximum Gasteiger partial charge on any atom is 0.258 e. The molecule has 1 heterocycles. The summed E-state index contributed by atoms with van der Waals surface area (Å²) in [5.41, 5.74) is 2.10. The first-order valence-corrected chi connectivity index (χ1v) is 8.46. The SMILES string of the molecule is COc1ccc(/C(C(=O)Nc2ccc(F)cc2)=C2\CCCCN2)cc1F. The second-order valence-corrected chi connectivity index (χ2v) is 6.05. The van der Waals surface area contributed by atoms with Gasteiger partial charge in [0.15, 0.2) is 11.6 Å². The van der Waals surface area contributed by atoms with Crippen LogP contribution in [-0.4, -0.2) is 19.6 Å². The van der Waals surface area contributed by atoms with E-state index in [1.807, 2.05) is 0 Å². The Balaban J connectivity index is 1.97. The molecule has 0 aromatic heterocycles. The van der Waals surface area contributed by atoms with E-state index in [1.54, 1.807) is 6.07 Å². The van der Waals surface area contributed by atoms with Crippen LogP contribution in [-0.2, 0) is 4.79 Å². The fourth-order valence-corrected chi connectivity index (χ4v) is 2.96. The Labute approximate surface area is 150 Å². The van der Waals surface area contributed by atoms with E-state index >= 15 is 0 Å². The van der Waals surface area contributed by atoms with Crippen molar-refractivity contribution in [2.24, 2.45) is 0 Å². The summed E-state index contributed by atoms with van der Waals surface area (Å²) in [6.07, 6.45) is 2.68. The summed E-state index contributed by atoms with van der Waals surface area (Å²) in [4.78, 5) is 12.9. The molecule has 1 fully saturated rings. The highest BCUT2D eigenvalue weighted by molar-refractivity contribution is 6.26. The van der Waals surface area contributed by atoms with Gasteiger partial charge < -0.3 is 15.4 Å². The Morgan fingerprint density at radius 3 is 2.50 bits per heavy atom. The van der Waals surface area contributed by atoms with Gasteiger partial charge in [0.05, 0.1) is 12.7 Å². The van der Waals surface area contributed by atoms with Gasteiger partial charge in [-0.15, -0.1) is 0 Å². The molecule has 2 N–H and O–H groups in total. The Morgan fingerprint density at radius 2 is 1.88 bits per heavy atom. The zero-order valence-corrected chi connectivity index (χ0v) is 14.4. The zero-order valence-electron chi connectivity index (χ0n) is 14.4. The summed E-state index contributed by atoms with van der Waals surface area (Å²) >= 11 is 0. The summed E-state index contributed by atoms with van der Waals surface area (Å²) < 4.78 is 32.2. The lowest BCUT2D eigenvalue weighted by molar-refractivity contribution is -0.111. The average Bonchev–Trinajstić information content (AvgIpc) is 2.65. The van der Waals surface area contributed by atoms with Crippen LogP contribution in [0.15, 0.2) is 48.2 Å². The summed E-state index contributed by atoms with van der Waals surface area (Å²) in [5, 5.41) is 6.00. The van der Waals surface area contributed by atoms with E-state index < -0.39 is 5.82 Å². The fraction of sp³-hybridized carbons (Fsp3) is 0.250. The van der Waals surface area contributed by atoms with Crippen molar-refractivity contribution < 1.29 is 18.3 Å². The van der Waals surface area contributed by atoms with Crippen molar-refractivity contribution in [3.63, 3.8) is 0 Å². The number of halogens is 2. The molecule has 0 radical (unpaired) electrons. The fourth-order valence-electron chi connectivity index (χ4n) is 2.96. The highest BCUT2D eigenvalue weighted by atomic mass is 19.1. The lowest BCUT2D eigenvalue weighted by atomic mass is 9.97. The van der Waals surface area contributed by atoms with Gasteiger partial charge in [0.2, 0.25) is 0 Å². The third-order valence-electron chi connectivity index (χ3n) is 4.26. The second kappa shape index (κ2) is 7.99. The number of nitrogens with one attached hydrogen (secondary N) is 2. The van der Waals surface area contributed by atoms with Gasteiger partial charge in [0.25, 0.3) is 5.91 Å². The van der Waals surface area contributed by atoms with Gasteiger partial charge in [-0.1, -0.05) is 6.07 Å². The molecule has 0 atom stereocenters. The number of allylic oxidation sites excluding steroid dienone is 1. The molecular formula is C20H20F2N2O2. The number of methoxy groups -OCH3 is 1. The molecule has 1 amide bonds. The number of carbonyl (C=O) groups is 1. The number of hydrogen-bond donors (Lipinski definition) is 2. The molecule has 0 saturated carbocycles. The maximum absolute atomic E-state index is 14.2. The molecule has 2 aromatic carbocycles. The summed E-state index contributed by atoms with van der Waals surface area (Å²) in [6.45, 7) is 0.765. The monoisotopic (exact) mass is 358 g/mol. The predicted molar refractivity (Wildman–Crippen MR) is 96.8 cm³/mol. The molecule has 2 aromatic rings. The Hall–Kier alpha value is -2.89. The van der Waals surface area contributed by atoms with Crippen molar-refractivity contribution in [2.75, 3.05) is 19.0 Å². The van der Waals surface area contributed by atoms with Crippen molar-refractivity contribution in [2.45, 2.75) is 19.3 Å². The molecule has 1 saturated heterocycles. The molecule has 0 aliphatic carbocycles. The number of carbonyl (C=O) groups excluding carboxylic acids is 1. The Bertz CT molecular complexity index is 824. The van der Waals surface area contributed by atoms with Gasteiger partial charge >= 0.3 is 0 Å². The molecule has 0 unspecified atom stereocenters. The van der Waals surface area contributed by atoms with Crippen LogP contribution in [0.1, 0.15) is 24.8 Å². The molecule has 136 valence electrons. The highest BCUT2D eigenvalue weighted by Gasteiger charge is 2.21. The van der Waals surface area contributed by atoms with Crippen LogP contribution in [0, 0.1) is 11.6 Å². The van der Waals surface area contributed by atoms with Gasteiger partial charge in [0.1, 0.15) is 5.82 Å². The largest absolute Gasteiger partial charge is 0.494 e. The average molecular weight is 358 g/mol. The lowest BCUT2D eigenvalue weighted by Crippen LogP contribution is -2.25. The van der Waals surface area contributed by atoms with Crippen molar-refractivity contribution in [3.8, 4) is 5.75 Å². The van der Waals surface area contributed by atoms with Gasteiger partial charge in [-0.2, -0.15) is 0 Å². The minimum atomic E-state index is -0.534. The molecule has 0 spiro atoms. The van der Waals surface area contributed by atoms with E-state index in [0.29, 0.717) is 23.2 Å². The van der Waals surface area contributed by atoms with Crippen LogP contribution in [0.25, 0.3) is 5.57 Å². The van der Waals surface area contributed by atoms with Gasteiger partial charge in [-0.25, -0.2) is 8.78 Å². The quantitative estimate of drug-likeness (QED) is 0.809. The summed E-state index contributed by atoms with van der Waals surface area (Å²) in [5.74, 6) is -1.17. The Kier molecular flexibility index (Phi) is 5.51. The number of hydrogen-bond acceptors (Lipinski definition) is 3. The summed E-state index contributed by atoms with van der Waals surface area (Å²) in [7, 11) is 1.39. The molecule has 4 nitrogen and oxygen atoms in total. The van der Waals surface area contributed by atoms with Crippen LogP contribution in [0.4, 0.5) is 14.5 Å². The Morgan fingerprint density at radius 1 is 1.12 bits per heavy atom. The normalized spacial score (nSPS) is 15.8. The van der Waals surface area contributed by atoms with E-state index in [1.165, 1.54) is 43.5 Å².